The minimum absolute atomic E-state index is 0.216. The lowest BCUT2D eigenvalue weighted by atomic mass is 10.2. The van der Waals surface area contributed by atoms with E-state index in [0.29, 0.717) is 18.6 Å². The van der Waals surface area contributed by atoms with Crippen molar-refractivity contribution in [2.45, 2.75) is 18.9 Å². The van der Waals surface area contributed by atoms with E-state index in [9.17, 15) is 18.0 Å². The van der Waals surface area contributed by atoms with E-state index >= 15 is 0 Å². The van der Waals surface area contributed by atoms with Gasteiger partial charge in [-0.3, -0.25) is 0 Å². The molecule has 0 rings (SSSR count). The number of carboxylic acid groups (broad SMARTS) is 1. The van der Waals surface area contributed by atoms with Gasteiger partial charge in [0.25, 0.3) is 0 Å². The zero-order valence-electron chi connectivity index (χ0n) is 11.5. The second kappa shape index (κ2) is 9.83. The highest BCUT2D eigenvalue weighted by Crippen LogP contribution is 2.00. The Bertz CT molecular complexity index is 413. The normalized spacial score (nSPS) is 12.7. The number of hydrogen-bond acceptors (Lipinski definition) is 5. The van der Waals surface area contributed by atoms with E-state index in [1.807, 2.05) is 6.26 Å². The highest BCUT2D eigenvalue weighted by atomic mass is 32.2. The highest BCUT2D eigenvalue weighted by Gasteiger charge is 2.18. The highest BCUT2D eigenvalue weighted by molar-refractivity contribution is 7.98. The molecule has 20 heavy (non-hydrogen) atoms. The van der Waals surface area contributed by atoms with Gasteiger partial charge in [0.05, 0.1) is 6.26 Å². The van der Waals surface area contributed by atoms with Crippen molar-refractivity contribution >= 4 is 33.8 Å². The Kier molecular flexibility index (Phi) is 9.34. The van der Waals surface area contributed by atoms with Gasteiger partial charge in [-0.1, -0.05) is 0 Å². The van der Waals surface area contributed by atoms with Crippen molar-refractivity contribution in [2.75, 3.05) is 31.4 Å². The molecule has 0 radical (unpaired) electrons. The summed E-state index contributed by atoms with van der Waals surface area (Å²) in [5, 5.41) is 13.8. The number of sulfonamides is 1. The van der Waals surface area contributed by atoms with Crippen LogP contribution in [-0.4, -0.2) is 62.9 Å². The van der Waals surface area contributed by atoms with Crippen molar-refractivity contribution in [1.82, 2.24) is 15.4 Å². The largest absolute Gasteiger partial charge is 0.480 e. The quantitative estimate of drug-likeness (QED) is 0.398. The number of thioether (sulfide) groups is 1. The Morgan fingerprint density at radius 2 is 1.95 bits per heavy atom. The first-order valence-corrected chi connectivity index (χ1v) is 9.25. The molecule has 0 saturated heterocycles. The first-order chi connectivity index (χ1) is 9.26. The Balaban J connectivity index is 3.88. The van der Waals surface area contributed by atoms with Crippen LogP contribution in [0.25, 0.3) is 0 Å². The minimum Gasteiger partial charge on any atom is -0.480 e. The molecule has 0 fully saturated rings. The van der Waals surface area contributed by atoms with Crippen LogP contribution in [0.5, 0.6) is 0 Å². The van der Waals surface area contributed by atoms with Crippen LogP contribution in [-0.2, 0) is 14.8 Å². The van der Waals surface area contributed by atoms with E-state index in [0.717, 1.165) is 6.26 Å². The number of hydrogen-bond donors (Lipinski definition) is 4. The van der Waals surface area contributed by atoms with E-state index in [1.165, 1.54) is 11.8 Å². The molecule has 4 N–H and O–H groups in total. The smallest absolute Gasteiger partial charge is 0.326 e. The minimum atomic E-state index is -3.22. The van der Waals surface area contributed by atoms with Crippen LogP contribution >= 0.6 is 11.8 Å². The number of nitrogens with one attached hydrogen (secondary N) is 3. The summed E-state index contributed by atoms with van der Waals surface area (Å²) in [4.78, 5) is 22.3. The molecule has 0 aliphatic heterocycles. The Labute approximate surface area is 123 Å². The summed E-state index contributed by atoms with van der Waals surface area (Å²) in [7, 11) is -3.22. The predicted octanol–water partition coefficient (Wildman–Crippen LogP) is -0.569. The lowest BCUT2D eigenvalue weighted by Crippen LogP contribution is -2.46. The molecule has 0 aromatic heterocycles. The molecule has 0 bridgehead atoms. The monoisotopic (exact) mass is 327 g/mol. The molecule has 0 saturated carbocycles. The third-order valence-electron chi connectivity index (χ3n) is 2.22. The molecular formula is C10H21N3O5S2. The van der Waals surface area contributed by atoms with Gasteiger partial charge in [-0.2, -0.15) is 11.8 Å². The van der Waals surface area contributed by atoms with Gasteiger partial charge in [0, 0.05) is 13.1 Å². The Hall–Kier alpha value is -1.00. The van der Waals surface area contributed by atoms with E-state index in [1.54, 1.807) is 0 Å². The first kappa shape index (κ1) is 19.0. The second-order valence-corrected chi connectivity index (χ2v) is 6.91. The lowest BCUT2D eigenvalue weighted by molar-refractivity contribution is -0.139. The fourth-order valence-electron chi connectivity index (χ4n) is 1.25. The number of carboxylic acids is 1. The summed E-state index contributed by atoms with van der Waals surface area (Å²) in [5.41, 5.74) is 0. The van der Waals surface area contributed by atoms with Crippen molar-refractivity contribution in [1.29, 1.82) is 0 Å². The van der Waals surface area contributed by atoms with Crippen LogP contribution in [0.15, 0.2) is 0 Å². The molecule has 0 aliphatic rings. The van der Waals surface area contributed by atoms with Gasteiger partial charge in [0.2, 0.25) is 10.0 Å². The third-order valence-corrected chi connectivity index (χ3v) is 3.59. The van der Waals surface area contributed by atoms with Crippen molar-refractivity contribution in [3.63, 3.8) is 0 Å². The van der Waals surface area contributed by atoms with Crippen molar-refractivity contribution in [3.05, 3.63) is 0 Å². The average Bonchev–Trinajstić information content (AvgIpc) is 2.32. The topological polar surface area (TPSA) is 125 Å². The first-order valence-electron chi connectivity index (χ1n) is 5.97. The van der Waals surface area contributed by atoms with E-state index in [-0.39, 0.29) is 13.1 Å². The zero-order valence-corrected chi connectivity index (χ0v) is 13.1. The number of urea groups is 1. The molecule has 0 heterocycles. The van der Waals surface area contributed by atoms with Crippen LogP contribution in [0.2, 0.25) is 0 Å². The summed E-state index contributed by atoms with van der Waals surface area (Å²) < 4.78 is 23.8. The maximum absolute atomic E-state index is 11.5. The SMILES string of the molecule is CSCCC(NC(=O)NCCCNS(C)(=O)=O)C(=O)O. The van der Waals surface area contributed by atoms with Crippen LogP contribution in [0.1, 0.15) is 12.8 Å². The lowest BCUT2D eigenvalue weighted by Gasteiger charge is -2.14. The molecule has 118 valence electrons. The zero-order chi connectivity index (χ0) is 15.6. The molecule has 0 spiro atoms. The summed E-state index contributed by atoms with van der Waals surface area (Å²) in [6, 6.07) is -1.49. The predicted molar refractivity (Wildman–Crippen MR) is 78.4 cm³/mol. The van der Waals surface area contributed by atoms with Crippen LogP contribution in [0.3, 0.4) is 0 Å². The van der Waals surface area contributed by atoms with E-state index < -0.39 is 28.1 Å². The number of aliphatic carboxylic acids is 1. The third kappa shape index (κ3) is 10.9. The standard InChI is InChI=1S/C10H21N3O5S2/c1-19-7-4-8(9(14)15)13-10(16)11-5-3-6-12-20(2,17)18/h8,12H,3-7H2,1-2H3,(H,14,15)(H2,11,13,16). The molecule has 0 aromatic carbocycles. The van der Waals surface area contributed by atoms with Crippen molar-refractivity contribution in [3.8, 4) is 0 Å². The molecular weight excluding hydrogens is 306 g/mol. The van der Waals surface area contributed by atoms with Crippen molar-refractivity contribution in [2.24, 2.45) is 0 Å². The molecule has 0 aliphatic carbocycles. The number of carbonyl (C=O) groups excluding carboxylic acids is 1. The summed E-state index contributed by atoms with van der Waals surface area (Å²) in [6.07, 6.45) is 3.67. The van der Waals surface area contributed by atoms with Gasteiger partial charge in [0.15, 0.2) is 0 Å². The van der Waals surface area contributed by atoms with Crippen LogP contribution < -0.4 is 15.4 Å². The van der Waals surface area contributed by atoms with Gasteiger partial charge in [-0.05, 0) is 24.9 Å². The molecule has 1 unspecified atom stereocenters. The van der Waals surface area contributed by atoms with Gasteiger partial charge in [-0.25, -0.2) is 22.7 Å². The molecule has 10 heteroatoms. The van der Waals surface area contributed by atoms with Crippen LogP contribution in [0.4, 0.5) is 4.79 Å². The maximum Gasteiger partial charge on any atom is 0.326 e. The summed E-state index contributed by atoms with van der Waals surface area (Å²) in [6.45, 7) is 0.469. The average molecular weight is 327 g/mol. The van der Waals surface area contributed by atoms with Gasteiger partial charge < -0.3 is 15.7 Å². The fraction of sp³-hybridized carbons (Fsp3) is 0.800. The maximum atomic E-state index is 11.5. The van der Waals surface area contributed by atoms with Crippen LogP contribution in [0, 0.1) is 0 Å². The summed E-state index contributed by atoms with van der Waals surface area (Å²) in [5.74, 6) is -0.442. The summed E-state index contributed by atoms with van der Waals surface area (Å²) >= 11 is 1.50. The molecule has 8 nitrogen and oxygen atoms in total. The van der Waals surface area contributed by atoms with E-state index in [2.05, 4.69) is 15.4 Å². The molecule has 2 amide bonds. The van der Waals surface area contributed by atoms with E-state index in [4.69, 9.17) is 5.11 Å². The second-order valence-electron chi connectivity index (χ2n) is 4.09. The number of carbonyl (C=O) groups is 2. The van der Waals surface area contributed by atoms with Gasteiger partial charge in [-0.15, -0.1) is 0 Å². The van der Waals surface area contributed by atoms with Gasteiger partial charge in [0.1, 0.15) is 6.04 Å². The Morgan fingerprint density at radius 3 is 2.45 bits per heavy atom. The Morgan fingerprint density at radius 1 is 1.30 bits per heavy atom. The molecule has 0 aromatic rings. The van der Waals surface area contributed by atoms with Gasteiger partial charge >= 0.3 is 12.0 Å². The molecule has 1 atom stereocenters. The number of rotatable bonds is 10. The fourth-order valence-corrected chi connectivity index (χ4v) is 2.24. The number of amides is 2. The van der Waals surface area contributed by atoms with Crippen molar-refractivity contribution < 1.29 is 23.1 Å².